The van der Waals surface area contributed by atoms with Gasteiger partial charge in [0.05, 0.1) is 17.4 Å². The number of likely N-dealkylation sites (tertiary alicyclic amines) is 1. The molecule has 2 aromatic rings. The summed E-state index contributed by atoms with van der Waals surface area (Å²) in [4.78, 5) is 25.5. The average molecular weight is 313 g/mol. The van der Waals surface area contributed by atoms with E-state index in [1.165, 1.54) is 11.1 Å². The van der Waals surface area contributed by atoms with Crippen molar-refractivity contribution in [3.63, 3.8) is 0 Å². The van der Waals surface area contributed by atoms with Crippen molar-refractivity contribution in [3.05, 3.63) is 47.8 Å². The highest BCUT2D eigenvalue weighted by Gasteiger charge is 2.32. The van der Waals surface area contributed by atoms with Crippen molar-refractivity contribution in [1.29, 1.82) is 0 Å². The molecule has 1 fully saturated rings. The summed E-state index contributed by atoms with van der Waals surface area (Å²) >= 11 is 0. The Kier molecular flexibility index (Phi) is 4.14. The monoisotopic (exact) mass is 313 g/mol. The van der Waals surface area contributed by atoms with Crippen LogP contribution in [-0.4, -0.2) is 44.3 Å². The average Bonchev–Trinajstić information content (AvgIpc) is 3.04. The number of aliphatic carboxylic acids is 1. The summed E-state index contributed by atoms with van der Waals surface area (Å²) in [6.07, 6.45) is 5.35. The van der Waals surface area contributed by atoms with E-state index in [9.17, 15) is 14.7 Å². The first kappa shape index (κ1) is 15.3. The number of hydrogen-bond acceptors (Lipinski definition) is 3. The van der Waals surface area contributed by atoms with Crippen LogP contribution < -0.4 is 0 Å². The van der Waals surface area contributed by atoms with Gasteiger partial charge in [-0.05, 0) is 37.8 Å². The number of carbonyl (C=O) groups is 2. The number of benzene rings is 1. The first-order chi connectivity index (χ1) is 11.1. The third kappa shape index (κ3) is 2.97. The minimum absolute atomic E-state index is 0.267. The van der Waals surface area contributed by atoms with Crippen LogP contribution in [0.25, 0.3) is 5.69 Å². The molecule has 1 aliphatic heterocycles. The molecule has 1 aromatic carbocycles. The van der Waals surface area contributed by atoms with E-state index in [4.69, 9.17) is 0 Å². The molecule has 0 radical (unpaired) electrons. The minimum atomic E-state index is -0.940. The molecular weight excluding hydrogens is 294 g/mol. The second-order valence-corrected chi connectivity index (χ2v) is 5.81. The number of aryl methyl sites for hydroxylation is 1. The van der Waals surface area contributed by atoms with Crippen LogP contribution in [0.4, 0.5) is 0 Å². The Morgan fingerprint density at radius 1 is 1.26 bits per heavy atom. The van der Waals surface area contributed by atoms with Gasteiger partial charge < -0.3 is 10.0 Å². The van der Waals surface area contributed by atoms with Crippen LogP contribution in [0.2, 0.25) is 0 Å². The lowest BCUT2D eigenvalue weighted by Crippen LogP contribution is -2.47. The Bertz CT molecular complexity index is 738. The Morgan fingerprint density at radius 3 is 2.78 bits per heavy atom. The summed E-state index contributed by atoms with van der Waals surface area (Å²) in [5, 5.41) is 13.6. The fraction of sp³-hybridized carbons (Fsp3) is 0.353. The lowest BCUT2D eigenvalue weighted by Gasteiger charge is -2.32. The number of rotatable bonds is 3. The van der Waals surface area contributed by atoms with Crippen molar-refractivity contribution in [2.45, 2.75) is 32.2 Å². The van der Waals surface area contributed by atoms with Crippen molar-refractivity contribution in [3.8, 4) is 5.69 Å². The van der Waals surface area contributed by atoms with Crippen molar-refractivity contribution in [2.24, 2.45) is 0 Å². The van der Waals surface area contributed by atoms with Gasteiger partial charge >= 0.3 is 5.97 Å². The molecule has 0 bridgehead atoms. The molecule has 1 saturated heterocycles. The van der Waals surface area contributed by atoms with Crippen LogP contribution in [0.1, 0.15) is 35.2 Å². The van der Waals surface area contributed by atoms with Gasteiger partial charge in [-0.15, -0.1) is 0 Å². The number of piperidine rings is 1. The van der Waals surface area contributed by atoms with E-state index in [1.807, 2.05) is 31.2 Å². The number of para-hydroxylation sites is 1. The SMILES string of the molecule is Cc1ccccc1-n1cc(C(=O)N2CCCCC2C(=O)O)cn1. The number of amides is 1. The molecule has 2 heterocycles. The van der Waals surface area contributed by atoms with Crippen LogP contribution in [0.15, 0.2) is 36.7 Å². The molecule has 6 nitrogen and oxygen atoms in total. The van der Waals surface area contributed by atoms with E-state index in [-0.39, 0.29) is 5.91 Å². The Hall–Kier alpha value is -2.63. The predicted molar refractivity (Wildman–Crippen MR) is 84.6 cm³/mol. The second-order valence-electron chi connectivity index (χ2n) is 5.81. The van der Waals surface area contributed by atoms with E-state index in [0.717, 1.165) is 24.1 Å². The zero-order chi connectivity index (χ0) is 16.4. The second kappa shape index (κ2) is 6.24. The van der Waals surface area contributed by atoms with Crippen molar-refractivity contribution in [1.82, 2.24) is 14.7 Å². The highest BCUT2D eigenvalue weighted by molar-refractivity contribution is 5.96. The van der Waals surface area contributed by atoms with Gasteiger partial charge in [0.15, 0.2) is 0 Å². The predicted octanol–water partition coefficient (Wildman–Crippen LogP) is 2.26. The van der Waals surface area contributed by atoms with Crippen LogP contribution in [0, 0.1) is 6.92 Å². The molecule has 0 aliphatic carbocycles. The maximum absolute atomic E-state index is 12.7. The molecule has 1 aliphatic rings. The highest BCUT2D eigenvalue weighted by Crippen LogP contribution is 2.21. The molecule has 1 amide bonds. The number of hydrogen-bond donors (Lipinski definition) is 1. The van der Waals surface area contributed by atoms with Gasteiger partial charge in [-0.1, -0.05) is 18.2 Å². The fourth-order valence-corrected chi connectivity index (χ4v) is 2.98. The number of aromatic nitrogens is 2. The Labute approximate surface area is 134 Å². The summed E-state index contributed by atoms with van der Waals surface area (Å²) in [5.74, 6) is -1.21. The largest absolute Gasteiger partial charge is 0.480 e. The molecule has 3 rings (SSSR count). The molecule has 1 aromatic heterocycles. The molecule has 0 spiro atoms. The number of carboxylic acid groups (broad SMARTS) is 1. The standard InChI is InChI=1S/C17H19N3O3/c1-12-6-2-3-7-14(12)20-11-13(10-18-20)16(21)19-9-5-4-8-15(19)17(22)23/h2-3,6-7,10-11,15H,4-5,8-9H2,1H3,(H,22,23). The van der Waals surface area contributed by atoms with Gasteiger partial charge in [-0.3, -0.25) is 4.79 Å². The maximum Gasteiger partial charge on any atom is 0.326 e. The van der Waals surface area contributed by atoms with Gasteiger partial charge in [0.2, 0.25) is 0 Å². The third-order valence-electron chi connectivity index (χ3n) is 4.24. The van der Waals surface area contributed by atoms with E-state index < -0.39 is 12.0 Å². The highest BCUT2D eigenvalue weighted by atomic mass is 16.4. The summed E-state index contributed by atoms with van der Waals surface area (Å²) in [6.45, 7) is 2.45. The zero-order valence-corrected chi connectivity index (χ0v) is 13.0. The lowest BCUT2D eigenvalue weighted by atomic mass is 10.0. The lowest BCUT2D eigenvalue weighted by molar-refractivity contribution is -0.143. The maximum atomic E-state index is 12.7. The first-order valence-electron chi connectivity index (χ1n) is 7.72. The third-order valence-corrected chi connectivity index (χ3v) is 4.24. The Balaban J connectivity index is 1.86. The van der Waals surface area contributed by atoms with Crippen molar-refractivity contribution < 1.29 is 14.7 Å². The summed E-state index contributed by atoms with van der Waals surface area (Å²) in [7, 11) is 0. The zero-order valence-electron chi connectivity index (χ0n) is 13.0. The summed E-state index contributed by atoms with van der Waals surface area (Å²) in [5.41, 5.74) is 2.37. The molecule has 1 N–H and O–H groups in total. The molecule has 6 heteroatoms. The van der Waals surface area contributed by atoms with Gasteiger partial charge in [-0.25, -0.2) is 9.48 Å². The molecule has 1 unspecified atom stereocenters. The van der Waals surface area contributed by atoms with Crippen LogP contribution in [0.3, 0.4) is 0 Å². The van der Waals surface area contributed by atoms with E-state index in [2.05, 4.69) is 5.10 Å². The van der Waals surface area contributed by atoms with E-state index in [1.54, 1.807) is 10.9 Å². The molecule has 120 valence electrons. The van der Waals surface area contributed by atoms with Crippen molar-refractivity contribution in [2.75, 3.05) is 6.54 Å². The molecule has 1 atom stereocenters. The summed E-state index contributed by atoms with van der Waals surface area (Å²) < 4.78 is 1.66. The van der Waals surface area contributed by atoms with Crippen LogP contribution in [0.5, 0.6) is 0 Å². The quantitative estimate of drug-likeness (QED) is 0.943. The normalized spacial score (nSPS) is 18.0. The number of nitrogens with zero attached hydrogens (tertiary/aromatic N) is 3. The molecule has 0 saturated carbocycles. The van der Waals surface area contributed by atoms with Gasteiger partial charge in [0, 0.05) is 12.7 Å². The van der Waals surface area contributed by atoms with Gasteiger partial charge in [-0.2, -0.15) is 5.10 Å². The number of carbonyl (C=O) groups excluding carboxylic acids is 1. The topological polar surface area (TPSA) is 75.4 Å². The molecule has 23 heavy (non-hydrogen) atoms. The molecular formula is C17H19N3O3. The minimum Gasteiger partial charge on any atom is -0.480 e. The first-order valence-corrected chi connectivity index (χ1v) is 7.72. The number of carboxylic acids is 1. The van der Waals surface area contributed by atoms with E-state index >= 15 is 0 Å². The summed E-state index contributed by atoms with van der Waals surface area (Å²) in [6, 6.07) is 7.02. The van der Waals surface area contributed by atoms with Crippen LogP contribution >= 0.6 is 0 Å². The Morgan fingerprint density at radius 2 is 2.04 bits per heavy atom. The van der Waals surface area contributed by atoms with E-state index in [0.29, 0.717) is 18.5 Å². The van der Waals surface area contributed by atoms with Gasteiger partial charge in [0.1, 0.15) is 6.04 Å². The smallest absolute Gasteiger partial charge is 0.326 e. The van der Waals surface area contributed by atoms with Crippen LogP contribution in [-0.2, 0) is 4.79 Å². The van der Waals surface area contributed by atoms with Gasteiger partial charge in [0.25, 0.3) is 5.91 Å². The van der Waals surface area contributed by atoms with Crippen molar-refractivity contribution >= 4 is 11.9 Å². The fourth-order valence-electron chi connectivity index (χ4n) is 2.98.